The van der Waals surface area contributed by atoms with Gasteiger partial charge in [0.1, 0.15) is 0 Å². The zero-order valence-corrected chi connectivity index (χ0v) is 21.4. The van der Waals surface area contributed by atoms with Crippen molar-refractivity contribution >= 4 is 46.2 Å². The molecule has 1 N–H and O–H groups in total. The molecule has 3 aromatic rings. The minimum absolute atomic E-state index is 0.116. The number of amidine groups is 1. The molecule has 2 heterocycles. The standard InChI is InChI=1S/C27H28ClN3OS/c1-16-14-19(18(3)31(16)21-12-10-20(11-13-21)27(4,5)6)15-24-25(32)30-26(33-24)29-23-9-7-8-22(28)17(23)2/h7-15H,1-6H3,(H,29,30,32)/b24-15-. The smallest absolute Gasteiger partial charge is 0.264 e. The van der Waals surface area contributed by atoms with Gasteiger partial charge in [0.05, 0.1) is 10.6 Å². The lowest BCUT2D eigenvalue weighted by molar-refractivity contribution is -0.115. The van der Waals surface area contributed by atoms with Crippen LogP contribution < -0.4 is 5.32 Å². The van der Waals surface area contributed by atoms with Gasteiger partial charge >= 0.3 is 0 Å². The van der Waals surface area contributed by atoms with Crippen molar-refractivity contribution in [1.82, 2.24) is 9.88 Å². The molecule has 0 atom stereocenters. The molecule has 0 spiro atoms. The molecule has 1 aromatic heterocycles. The fourth-order valence-electron chi connectivity index (χ4n) is 3.89. The first-order valence-corrected chi connectivity index (χ1v) is 12.1. The number of nitrogens with zero attached hydrogens (tertiary/aromatic N) is 2. The predicted molar refractivity (Wildman–Crippen MR) is 141 cm³/mol. The zero-order valence-electron chi connectivity index (χ0n) is 19.8. The number of nitrogens with one attached hydrogen (secondary N) is 1. The topological polar surface area (TPSA) is 46.4 Å². The molecule has 4 nitrogen and oxygen atoms in total. The predicted octanol–water partition coefficient (Wildman–Crippen LogP) is 7.25. The Kier molecular flexibility index (Phi) is 6.30. The fourth-order valence-corrected chi connectivity index (χ4v) is 4.89. The van der Waals surface area contributed by atoms with E-state index in [0.717, 1.165) is 33.9 Å². The Labute approximate surface area is 204 Å². The normalized spacial score (nSPS) is 16.6. The van der Waals surface area contributed by atoms with Gasteiger partial charge in [0.25, 0.3) is 5.91 Å². The first kappa shape index (κ1) is 23.4. The average molecular weight is 478 g/mol. The van der Waals surface area contributed by atoms with Crippen LogP contribution in [0.4, 0.5) is 5.69 Å². The lowest BCUT2D eigenvalue weighted by Crippen LogP contribution is -2.19. The number of halogens is 1. The molecule has 33 heavy (non-hydrogen) atoms. The number of hydrogen-bond acceptors (Lipinski definition) is 3. The Bertz CT molecular complexity index is 1290. The van der Waals surface area contributed by atoms with Crippen molar-refractivity contribution in [3.05, 3.63) is 86.5 Å². The van der Waals surface area contributed by atoms with Crippen LogP contribution in [0.5, 0.6) is 0 Å². The number of benzene rings is 2. The molecule has 1 aliphatic heterocycles. The molecule has 1 aliphatic rings. The Balaban J connectivity index is 1.63. The number of carbonyl (C=O) groups is 1. The first-order chi connectivity index (χ1) is 15.5. The number of hydrogen-bond donors (Lipinski definition) is 1. The van der Waals surface area contributed by atoms with Gasteiger partial charge in [-0.15, -0.1) is 0 Å². The summed E-state index contributed by atoms with van der Waals surface area (Å²) < 4.78 is 2.22. The highest BCUT2D eigenvalue weighted by Crippen LogP contribution is 2.33. The van der Waals surface area contributed by atoms with Gasteiger partial charge in [0, 0.05) is 22.1 Å². The van der Waals surface area contributed by atoms with Crippen LogP contribution in [-0.2, 0) is 10.2 Å². The van der Waals surface area contributed by atoms with Gasteiger partial charge in [-0.2, -0.15) is 0 Å². The number of amides is 1. The summed E-state index contributed by atoms with van der Waals surface area (Å²) in [5.74, 6) is -0.141. The van der Waals surface area contributed by atoms with Crippen molar-refractivity contribution < 1.29 is 4.79 Å². The largest absolute Gasteiger partial charge is 0.318 e. The number of aromatic nitrogens is 1. The maximum atomic E-state index is 12.6. The molecule has 6 heteroatoms. The number of carbonyl (C=O) groups excluding carboxylic acids is 1. The van der Waals surface area contributed by atoms with Crippen LogP contribution in [-0.4, -0.2) is 15.6 Å². The lowest BCUT2D eigenvalue weighted by atomic mass is 9.87. The fraction of sp³-hybridized carbons (Fsp3) is 0.259. The molecule has 2 aromatic carbocycles. The summed E-state index contributed by atoms with van der Waals surface area (Å²) in [4.78, 5) is 17.8. The molecule has 0 unspecified atom stereocenters. The molecule has 0 bridgehead atoms. The van der Waals surface area contributed by atoms with E-state index in [1.165, 1.54) is 17.3 Å². The minimum Gasteiger partial charge on any atom is -0.318 e. The average Bonchev–Trinajstić information content (AvgIpc) is 3.23. The minimum atomic E-state index is -0.141. The maximum absolute atomic E-state index is 12.6. The van der Waals surface area contributed by atoms with Crippen molar-refractivity contribution in [2.45, 2.75) is 47.0 Å². The molecule has 1 saturated heterocycles. The van der Waals surface area contributed by atoms with E-state index < -0.39 is 0 Å². The Morgan fingerprint density at radius 1 is 1.06 bits per heavy atom. The molecular weight excluding hydrogens is 450 g/mol. The molecule has 0 radical (unpaired) electrons. The third kappa shape index (κ3) is 4.80. The van der Waals surface area contributed by atoms with E-state index >= 15 is 0 Å². The SMILES string of the molecule is Cc1c(Cl)cccc1N=C1NC(=O)/C(=C/c2cc(C)n(-c3ccc(C(C)(C)C)cc3)c2C)S1. The summed E-state index contributed by atoms with van der Waals surface area (Å²) in [5.41, 5.74) is 7.41. The number of rotatable bonds is 3. The van der Waals surface area contributed by atoms with Crippen LogP contribution in [0.3, 0.4) is 0 Å². The monoisotopic (exact) mass is 477 g/mol. The van der Waals surface area contributed by atoms with Crippen molar-refractivity contribution in [3.8, 4) is 5.69 Å². The van der Waals surface area contributed by atoms with E-state index in [4.69, 9.17) is 11.6 Å². The highest BCUT2D eigenvalue weighted by molar-refractivity contribution is 8.18. The molecule has 0 saturated carbocycles. The second kappa shape index (κ2) is 8.88. The van der Waals surface area contributed by atoms with Gasteiger partial charge in [-0.25, -0.2) is 4.99 Å². The van der Waals surface area contributed by atoms with Gasteiger partial charge in [0.15, 0.2) is 5.17 Å². The second-order valence-corrected chi connectivity index (χ2v) is 10.8. The Morgan fingerprint density at radius 3 is 2.42 bits per heavy atom. The van der Waals surface area contributed by atoms with Crippen molar-refractivity contribution in [1.29, 1.82) is 0 Å². The van der Waals surface area contributed by atoms with Crippen LogP contribution in [0.1, 0.15) is 48.8 Å². The summed E-state index contributed by atoms with van der Waals surface area (Å²) >= 11 is 7.55. The number of aryl methyl sites for hydroxylation is 1. The van der Waals surface area contributed by atoms with Gasteiger partial charge in [-0.05, 0) is 91.0 Å². The molecular formula is C27H28ClN3OS. The highest BCUT2D eigenvalue weighted by Gasteiger charge is 2.25. The molecule has 0 aliphatic carbocycles. The molecule has 1 amide bonds. The highest BCUT2D eigenvalue weighted by atomic mass is 35.5. The third-order valence-corrected chi connectivity index (χ3v) is 7.18. The first-order valence-electron chi connectivity index (χ1n) is 10.9. The van der Waals surface area contributed by atoms with Crippen molar-refractivity contribution in [2.24, 2.45) is 4.99 Å². The third-order valence-electron chi connectivity index (χ3n) is 5.86. The summed E-state index contributed by atoms with van der Waals surface area (Å²) in [6, 6.07) is 16.4. The van der Waals surface area contributed by atoms with Crippen LogP contribution >= 0.6 is 23.4 Å². The Hall–Kier alpha value is -2.76. The maximum Gasteiger partial charge on any atom is 0.264 e. The van der Waals surface area contributed by atoms with Crippen LogP contribution in [0.15, 0.2) is 58.4 Å². The van der Waals surface area contributed by atoms with Crippen LogP contribution in [0, 0.1) is 20.8 Å². The zero-order chi connectivity index (χ0) is 23.9. The van der Waals surface area contributed by atoms with Gasteiger partial charge in [-0.3, -0.25) is 4.79 Å². The van der Waals surface area contributed by atoms with E-state index in [1.54, 1.807) is 0 Å². The van der Waals surface area contributed by atoms with E-state index in [1.807, 2.05) is 31.2 Å². The summed E-state index contributed by atoms with van der Waals surface area (Å²) in [7, 11) is 0. The van der Waals surface area contributed by atoms with Gasteiger partial charge in [0.2, 0.25) is 0 Å². The van der Waals surface area contributed by atoms with Gasteiger partial charge < -0.3 is 9.88 Å². The molecule has 1 fully saturated rings. The van der Waals surface area contributed by atoms with E-state index in [9.17, 15) is 4.79 Å². The lowest BCUT2D eigenvalue weighted by Gasteiger charge is -2.20. The quantitative estimate of drug-likeness (QED) is 0.404. The summed E-state index contributed by atoms with van der Waals surface area (Å²) in [6.45, 7) is 12.7. The van der Waals surface area contributed by atoms with Crippen molar-refractivity contribution in [2.75, 3.05) is 0 Å². The second-order valence-electron chi connectivity index (χ2n) is 9.32. The van der Waals surface area contributed by atoms with Crippen LogP contribution in [0.25, 0.3) is 11.8 Å². The summed E-state index contributed by atoms with van der Waals surface area (Å²) in [5, 5.41) is 4.08. The van der Waals surface area contributed by atoms with E-state index in [0.29, 0.717) is 15.1 Å². The number of thioether (sulfide) groups is 1. The van der Waals surface area contributed by atoms with Crippen molar-refractivity contribution in [3.63, 3.8) is 0 Å². The van der Waals surface area contributed by atoms with E-state index in [2.05, 4.69) is 79.8 Å². The summed E-state index contributed by atoms with van der Waals surface area (Å²) in [6.07, 6.45) is 1.94. The number of aliphatic imine (C=N–C) groups is 1. The van der Waals surface area contributed by atoms with E-state index in [-0.39, 0.29) is 11.3 Å². The molecule has 170 valence electrons. The molecule has 4 rings (SSSR count). The van der Waals surface area contributed by atoms with Crippen LogP contribution in [0.2, 0.25) is 5.02 Å². The Morgan fingerprint density at radius 2 is 1.76 bits per heavy atom. The van der Waals surface area contributed by atoms with Gasteiger partial charge in [-0.1, -0.05) is 50.6 Å².